The monoisotopic (exact) mass is 447 g/mol. The summed E-state index contributed by atoms with van der Waals surface area (Å²) in [6, 6.07) is 3.73. The maximum absolute atomic E-state index is 13.3. The van der Waals surface area contributed by atoms with E-state index in [9.17, 15) is 4.79 Å². The van der Waals surface area contributed by atoms with Crippen LogP contribution < -0.4 is 14.2 Å². The largest absolute Gasteiger partial charge is 0.493 e. The van der Waals surface area contributed by atoms with Crippen LogP contribution in [0.4, 0.5) is 0 Å². The molecule has 0 radical (unpaired) electrons. The van der Waals surface area contributed by atoms with E-state index < -0.39 is 0 Å². The highest BCUT2D eigenvalue weighted by Gasteiger charge is 2.25. The van der Waals surface area contributed by atoms with Crippen molar-refractivity contribution in [3.05, 3.63) is 22.7 Å². The number of carbonyl (C=O) groups is 1. The fourth-order valence-electron chi connectivity index (χ4n) is 3.85. The van der Waals surface area contributed by atoms with Gasteiger partial charge in [0.15, 0.2) is 11.5 Å². The lowest BCUT2D eigenvalue weighted by Gasteiger charge is -2.21. The number of amides is 1. The normalized spacial score (nSPS) is 14.9. The summed E-state index contributed by atoms with van der Waals surface area (Å²) in [6.45, 7) is 8.77. The van der Waals surface area contributed by atoms with Gasteiger partial charge in [0.05, 0.1) is 27.0 Å². The summed E-state index contributed by atoms with van der Waals surface area (Å²) in [7, 11) is 4.76. The van der Waals surface area contributed by atoms with Crippen molar-refractivity contribution in [2.24, 2.45) is 0 Å². The number of hydrogen-bond acceptors (Lipinski definition) is 7. The van der Waals surface area contributed by atoms with E-state index in [4.69, 9.17) is 19.2 Å². The third kappa shape index (κ3) is 5.30. The second-order valence-corrected chi connectivity index (χ2v) is 8.69. The lowest BCUT2D eigenvalue weighted by molar-refractivity contribution is 0.0765. The average Bonchev–Trinajstić information content (AvgIpc) is 3.02. The highest BCUT2D eigenvalue weighted by molar-refractivity contribution is 7.17. The lowest BCUT2D eigenvalue weighted by Crippen LogP contribution is -2.35. The number of methoxy groups -OCH3 is 3. The van der Waals surface area contributed by atoms with Crippen molar-refractivity contribution in [3.8, 4) is 27.8 Å². The second-order valence-electron chi connectivity index (χ2n) is 7.69. The van der Waals surface area contributed by atoms with Crippen LogP contribution in [0.5, 0.6) is 17.2 Å². The first-order chi connectivity index (χ1) is 15.0. The third-order valence-electron chi connectivity index (χ3n) is 5.61. The number of benzene rings is 1. The minimum atomic E-state index is 0.0750. The van der Waals surface area contributed by atoms with Crippen molar-refractivity contribution in [3.63, 3.8) is 0 Å². The number of rotatable bonds is 8. The molecule has 1 saturated heterocycles. The Kier molecular flexibility index (Phi) is 8.15. The Morgan fingerprint density at radius 1 is 1.06 bits per heavy atom. The van der Waals surface area contributed by atoms with Crippen LogP contribution in [0.2, 0.25) is 0 Å². The highest BCUT2D eigenvalue weighted by Crippen LogP contribution is 2.42. The van der Waals surface area contributed by atoms with Gasteiger partial charge in [-0.15, -0.1) is 11.3 Å². The molecule has 7 nitrogen and oxygen atoms in total. The molecule has 0 bridgehead atoms. The first kappa shape index (κ1) is 23.3. The van der Waals surface area contributed by atoms with Crippen molar-refractivity contribution < 1.29 is 19.0 Å². The number of ether oxygens (including phenoxy) is 3. The van der Waals surface area contributed by atoms with Crippen LogP contribution in [-0.4, -0.2) is 74.7 Å². The molecule has 1 aliphatic rings. The number of carbonyl (C=O) groups excluding carboxylic acids is 1. The summed E-state index contributed by atoms with van der Waals surface area (Å²) in [5.41, 5.74) is 1.59. The Morgan fingerprint density at radius 3 is 2.39 bits per heavy atom. The molecule has 0 unspecified atom stereocenters. The summed E-state index contributed by atoms with van der Waals surface area (Å²) in [5.74, 6) is 1.75. The van der Waals surface area contributed by atoms with Crippen molar-refractivity contribution >= 4 is 17.2 Å². The molecule has 1 aromatic heterocycles. The van der Waals surface area contributed by atoms with E-state index in [2.05, 4.69) is 11.8 Å². The Balaban J connectivity index is 1.82. The van der Waals surface area contributed by atoms with E-state index in [-0.39, 0.29) is 5.91 Å². The SMILES string of the molecule is CCCCN1CCCN(C(=O)c2sc(-c3cc(OC)c(OC)c(OC)c3)nc2C)CC1. The first-order valence-electron chi connectivity index (χ1n) is 10.8. The van der Waals surface area contributed by atoms with E-state index in [1.54, 1.807) is 21.3 Å². The zero-order chi connectivity index (χ0) is 22.4. The number of aromatic nitrogens is 1. The van der Waals surface area contributed by atoms with Crippen LogP contribution in [0.3, 0.4) is 0 Å². The number of hydrogen-bond donors (Lipinski definition) is 0. The summed E-state index contributed by atoms with van der Waals surface area (Å²) < 4.78 is 16.3. The Hall–Kier alpha value is -2.32. The molecule has 3 rings (SSSR count). The first-order valence-corrected chi connectivity index (χ1v) is 11.6. The zero-order valence-electron chi connectivity index (χ0n) is 19.2. The van der Waals surface area contributed by atoms with Crippen molar-refractivity contribution in [1.82, 2.24) is 14.8 Å². The fraction of sp³-hybridized carbons (Fsp3) is 0.565. The molecular formula is C23H33N3O4S. The van der Waals surface area contributed by atoms with Gasteiger partial charge in [-0.3, -0.25) is 4.79 Å². The third-order valence-corrected chi connectivity index (χ3v) is 6.80. The van der Waals surface area contributed by atoms with Crippen LogP contribution in [0, 0.1) is 6.92 Å². The van der Waals surface area contributed by atoms with E-state index in [0.717, 1.165) is 55.4 Å². The molecule has 2 aromatic rings. The van der Waals surface area contributed by atoms with Crippen LogP contribution in [0.15, 0.2) is 12.1 Å². The van der Waals surface area contributed by atoms with Gasteiger partial charge in [0.25, 0.3) is 5.91 Å². The molecular weight excluding hydrogens is 414 g/mol. The molecule has 1 fully saturated rings. The molecule has 2 heterocycles. The minimum absolute atomic E-state index is 0.0750. The Bertz CT molecular complexity index is 874. The maximum Gasteiger partial charge on any atom is 0.265 e. The van der Waals surface area contributed by atoms with Gasteiger partial charge in [-0.05, 0) is 45.0 Å². The molecule has 0 atom stereocenters. The van der Waals surface area contributed by atoms with E-state index >= 15 is 0 Å². The molecule has 0 spiro atoms. The fourth-order valence-corrected chi connectivity index (χ4v) is 4.87. The minimum Gasteiger partial charge on any atom is -0.493 e. The molecule has 0 aliphatic carbocycles. The van der Waals surface area contributed by atoms with E-state index in [0.29, 0.717) is 22.1 Å². The van der Waals surface area contributed by atoms with Gasteiger partial charge in [-0.2, -0.15) is 0 Å². The lowest BCUT2D eigenvalue weighted by atomic mass is 10.2. The topological polar surface area (TPSA) is 64.1 Å². The van der Waals surface area contributed by atoms with Crippen molar-refractivity contribution in [1.29, 1.82) is 0 Å². The molecule has 170 valence electrons. The number of unbranched alkanes of at least 4 members (excludes halogenated alkanes) is 1. The average molecular weight is 448 g/mol. The number of thiazole rings is 1. The molecule has 8 heteroatoms. The van der Waals surface area contributed by atoms with Gasteiger partial charge < -0.3 is 24.0 Å². The Labute approximate surface area is 188 Å². The van der Waals surface area contributed by atoms with Gasteiger partial charge in [0.1, 0.15) is 9.88 Å². The molecule has 31 heavy (non-hydrogen) atoms. The van der Waals surface area contributed by atoms with Gasteiger partial charge in [-0.25, -0.2) is 4.98 Å². The molecule has 0 saturated carbocycles. The van der Waals surface area contributed by atoms with Gasteiger partial charge in [0, 0.05) is 25.2 Å². The van der Waals surface area contributed by atoms with Crippen LogP contribution in [-0.2, 0) is 0 Å². The smallest absolute Gasteiger partial charge is 0.265 e. The number of nitrogens with zero attached hydrogens (tertiary/aromatic N) is 3. The van der Waals surface area contributed by atoms with Crippen LogP contribution >= 0.6 is 11.3 Å². The van der Waals surface area contributed by atoms with Crippen molar-refractivity contribution in [2.45, 2.75) is 33.1 Å². The van der Waals surface area contributed by atoms with Gasteiger partial charge >= 0.3 is 0 Å². The summed E-state index contributed by atoms with van der Waals surface area (Å²) in [6.07, 6.45) is 3.41. The summed E-state index contributed by atoms with van der Waals surface area (Å²) in [5, 5.41) is 0.763. The molecule has 1 amide bonds. The quantitative estimate of drug-likeness (QED) is 0.607. The maximum atomic E-state index is 13.3. The molecule has 0 N–H and O–H groups in total. The number of aryl methyl sites for hydroxylation is 1. The van der Waals surface area contributed by atoms with Gasteiger partial charge in [-0.1, -0.05) is 13.3 Å². The van der Waals surface area contributed by atoms with Crippen molar-refractivity contribution in [2.75, 3.05) is 54.1 Å². The van der Waals surface area contributed by atoms with Crippen LogP contribution in [0.25, 0.3) is 10.6 Å². The standard InChI is InChI=1S/C23H33N3O4S/c1-6-7-9-25-10-8-11-26(13-12-25)23(27)21-16(2)24-22(31-21)17-14-18(28-3)20(30-5)19(15-17)29-4/h14-15H,6-13H2,1-5H3. The predicted molar refractivity (Wildman–Crippen MR) is 124 cm³/mol. The summed E-state index contributed by atoms with van der Waals surface area (Å²) >= 11 is 1.42. The van der Waals surface area contributed by atoms with Crippen LogP contribution in [0.1, 0.15) is 41.6 Å². The second kappa shape index (κ2) is 10.8. The zero-order valence-corrected chi connectivity index (χ0v) is 20.0. The highest BCUT2D eigenvalue weighted by atomic mass is 32.1. The Morgan fingerprint density at radius 2 is 1.77 bits per heavy atom. The molecule has 1 aromatic carbocycles. The predicted octanol–water partition coefficient (Wildman–Crippen LogP) is 4.09. The van der Waals surface area contributed by atoms with E-state index in [1.165, 1.54) is 24.2 Å². The molecule has 1 aliphatic heterocycles. The summed E-state index contributed by atoms with van der Waals surface area (Å²) in [4.78, 5) is 23.1. The van der Waals surface area contributed by atoms with Gasteiger partial charge in [0.2, 0.25) is 5.75 Å². The van der Waals surface area contributed by atoms with E-state index in [1.807, 2.05) is 24.0 Å².